The summed E-state index contributed by atoms with van der Waals surface area (Å²) in [6, 6.07) is 10.1. The number of hydrogen-bond donors (Lipinski definition) is 1. The number of aryl methyl sites for hydroxylation is 2. The first-order chi connectivity index (χ1) is 10.4. The Kier molecular flexibility index (Phi) is 5.48. The summed E-state index contributed by atoms with van der Waals surface area (Å²) in [5, 5.41) is 2.63. The number of benzene rings is 2. The molecule has 116 valence electrons. The van der Waals surface area contributed by atoms with E-state index in [0.717, 1.165) is 16.0 Å². The van der Waals surface area contributed by atoms with Crippen LogP contribution in [0.15, 0.2) is 41.3 Å². The van der Waals surface area contributed by atoms with Gasteiger partial charge in [0, 0.05) is 4.90 Å². The molecule has 2 aromatic carbocycles. The molecule has 2 aromatic rings. The number of anilines is 1. The largest absolute Gasteiger partial charge is 0.324 e. The van der Waals surface area contributed by atoms with Crippen LogP contribution in [-0.2, 0) is 4.79 Å². The van der Waals surface area contributed by atoms with E-state index in [1.54, 1.807) is 0 Å². The summed E-state index contributed by atoms with van der Waals surface area (Å²) in [7, 11) is 0. The predicted octanol–water partition coefficient (Wildman–Crippen LogP) is 5.22. The summed E-state index contributed by atoms with van der Waals surface area (Å²) in [5.74, 6) is -0.597. The van der Waals surface area contributed by atoms with Crippen molar-refractivity contribution < 1.29 is 9.18 Å². The minimum absolute atomic E-state index is 0.167. The number of halogens is 2. The van der Waals surface area contributed by atoms with Gasteiger partial charge in [-0.2, -0.15) is 0 Å². The lowest BCUT2D eigenvalue weighted by atomic mass is 10.2. The average molecular weight is 338 g/mol. The van der Waals surface area contributed by atoms with Crippen LogP contribution in [0.1, 0.15) is 18.1 Å². The van der Waals surface area contributed by atoms with Crippen LogP contribution < -0.4 is 5.32 Å². The molecule has 1 N–H and O–H groups in total. The van der Waals surface area contributed by atoms with Crippen LogP contribution in [0, 0.1) is 19.7 Å². The molecule has 1 amide bonds. The molecule has 0 fully saturated rings. The number of hydrogen-bond acceptors (Lipinski definition) is 2. The van der Waals surface area contributed by atoms with Crippen LogP contribution in [0.4, 0.5) is 10.1 Å². The smallest absolute Gasteiger partial charge is 0.237 e. The fourth-order valence-corrected chi connectivity index (χ4v) is 3.17. The zero-order valence-corrected chi connectivity index (χ0v) is 14.2. The Bertz CT molecular complexity index is 705. The van der Waals surface area contributed by atoms with E-state index in [1.807, 2.05) is 32.9 Å². The monoisotopic (exact) mass is 337 g/mol. The standard InChI is InChI=1S/C17H17ClFNOS/c1-10-4-5-11(2)16(8-10)22-12(3)17(21)20-15-7-6-13(19)9-14(15)18/h4-9,12H,1-3H3,(H,20,21). The fourth-order valence-electron chi connectivity index (χ4n) is 1.90. The van der Waals surface area contributed by atoms with Gasteiger partial charge < -0.3 is 5.32 Å². The molecule has 0 aliphatic carbocycles. The molecule has 0 aliphatic rings. The minimum atomic E-state index is -0.430. The van der Waals surface area contributed by atoms with E-state index < -0.39 is 5.82 Å². The second-order valence-electron chi connectivity index (χ2n) is 5.14. The van der Waals surface area contributed by atoms with Crippen molar-refractivity contribution in [3.8, 4) is 0 Å². The first-order valence-corrected chi connectivity index (χ1v) is 8.12. The molecule has 0 radical (unpaired) electrons. The summed E-state index contributed by atoms with van der Waals surface area (Å²) in [6.07, 6.45) is 0. The molecule has 2 nitrogen and oxygen atoms in total. The maximum Gasteiger partial charge on any atom is 0.237 e. The first-order valence-electron chi connectivity index (χ1n) is 6.86. The Balaban J connectivity index is 2.07. The highest BCUT2D eigenvalue weighted by Gasteiger charge is 2.17. The van der Waals surface area contributed by atoms with Crippen molar-refractivity contribution in [3.63, 3.8) is 0 Å². The minimum Gasteiger partial charge on any atom is -0.324 e. The van der Waals surface area contributed by atoms with Crippen LogP contribution in [0.3, 0.4) is 0 Å². The molecule has 0 heterocycles. The topological polar surface area (TPSA) is 29.1 Å². The van der Waals surface area contributed by atoms with Crippen molar-refractivity contribution in [2.75, 3.05) is 5.32 Å². The van der Waals surface area contributed by atoms with Gasteiger partial charge in [-0.15, -0.1) is 11.8 Å². The Morgan fingerprint density at radius 2 is 1.95 bits per heavy atom. The summed E-state index contributed by atoms with van der Waals surface area (Å²) in [4.78, 5) is 13.3. The third-order valence-electron chi connectivity index (χ3n) is 3.21. The lowest BCUT2D eigenvalue weighted by molar-refractivity contribution is -0.115. The molecule has 2 rings (SSSR count). The van der Waals surface area contributed by atoms with Crippen molar-refractivity contribution in [3.05, 3.63) is 58.4 Å². The van der Waals surface area contributed by atoms with Gasteiger partial charge in [-0.3, -0.25) is 4.79 Å². The van der Waals surface area contributed by atoms with Gasteiger partial charge in [0.1, 0.15) is 5.82 Å². The maximum atomic E-state index is 13.0. The quantitative estimate of drug-likeness (QED) is 0.775. The third-order valence-corrected chi connectivity index (χ3v) is 4.78. The summed E-state index contributed by atoms with van der Waals surface area (Å²) >= 11 is 7.41. The van der Waals surface area contributed by atoms with E-state index in [4.69, 9.17) is 11.6 Å². The van der Waals surface area contributed by atoms with Crippen LogP contribution in [0.5, 0.6) is 0 Å². The van der Waals surface area contributed by atoms with Crippen LogP contribution >= 0.6 is 23.4 Å². The number of rotatable bonds is 4. The number of nitrogens with one attached hydrogen (secondary N) is 1. The Labute approximate surface area is 139 Å². The fraction of sp³-hybridized carbons (Fsp3) is 0.235. The second-order valence-corrected chi connectivity index (χ2v) is 6.93. The lowest BCUT2D eigenvalue weighted by Gasteiger charge is -2.14. The van der Waals surface area contributed by atoms with Crippen molar-refractivity contribution in [1.29, 1.82) is 0 Å². The zero-order chi connectivity index (χ0) is 16.3. The second kappa shape index (κ2) is 7.16. The van der Waals surface area contributed by atoms with Crippen molar-refractivity contribution in [1.82, 2.24) is 0 Å². The summed E-state index contributed by atoms with van der Waals surface area (Å²) in [6.45, 7) is 5.87. The molecule has 0 saturated carbocycles. The normalized spacial score (nSPS) is 12.0. The molecule has 22 heavy (non-hydrogen) atoms. The van der Waals surface area contributed by atoms with Gasteiger partial charge >= 0.3 is 0 Å². The molecular weight excluding hydrogens is 321 g/mol. The van der Waals surface area contributed by atoms with Crippen LogP contribution in [0.2, 0.25) is 5.02 Å². The van der Waals surface area contributed by atoms with Gasteiger partial charge in [0.2, 0.25) is 5.91 Å². The number of thioether (sulfide) groups is 1. The first kappa shape index (κ1) is 16.8. The number of carbonyl (C=O) groups is 1. The molecular formula is C17H17ClFNOS. The SMILES string of the molecule is Cc1ccc(C)c(SC(C)C(=O)Nc2ccc(F)cc2Cl)c1. The lowest BCUT2D eigenvalue weighted by Crippen LogP contribution is -2.22. The van der Waals surface area contributed by atoms with E-state index in [2.05, 4.69) is 11.4 Å². The van der Waals surface area contributed by atoms with Gasteiger partial charge in [0.25, 0.3) is 0 Å². The molecule has 5 heteroatoms. The van der Waals surface area contributed by atoms with E-state index in [9.17, 15) is 9.18 Å². The molecule has 0 spiro atoms. The summed E-state index contributed by atoms with van der Waals surface area (Å²) in [5.41, 5.74) is 2.71. The molecule has 0 aromatic heterocycles. The van der Waals surface area contributed by atoms with E-state index in [-0.39, 0.29) is 16.2 Å². The highest BCUT2D eigenvalue weighted by Crippen LogP contribution is 2.29. The Hall–Kier alpha value is -1.52. The zero-order valence-electron chi connectivity index (χ0n) is 12.6. The van der Waals surface area contributed by atoms with E-state index >= 15 is 0 Å². The Morgan fingerprint density at radius 3 is 2.64 bits per heavy atom. The van der Waals surface area contributed by atoms with Gasteiger partial charge in [-0.1, -0.05) is 29.3 Å². The Morgan fingerprint density at radius 1 is 1.23 bits per heavy atom. The average Bonchev–Trinajstić information content (AvgIpc) is 2.45. The van der Waals surface area contributed by atoms with E-state index in [0.29, 0.717) is 5.69 Å². The molecule has 0 bridgehead atoms. The maximum absolute atomic E-state index is 13.0. The van der Waals surface area contributed by atoms with Gasteiger partial charge in [-0.05, 0) is 50.6 Å². The van der Waals surface area contributed by atoms with Crippen molar-refractivity contribution in [2.24, 2.45) is 0 Å². The predicted molar refractivity (Wildman–Crippen MR) is 91.3 cm³/mol. The number of amides is 1. The van der Waals surface area contributed by atoms with Gasteiger partial charge in [0.15, 0.2) is 0 Å². The van der Waals surface area contributed by atoms with Crippen LogP contribution in [0.25, 0.3) is 0 Å². The molecule has 1 unspecified atom stereocenters. The third kappa shape index (κ3) is 4.24. The van der Waals surface area contributed by atoms with Gasteiger partial charge in [-0.25, -0.2) is 4.39 Å². The molecule has 1 atom stereocenters. The molecule has 0 aliphatic heterocycles. The van der Waals surface area contributed by atoms with Crippen LogP contribution in [-0.4, -0.2) is 11.2 Å². The van der Waals surface area contributed by atoms with Crippen molar-refractivity contribution in [2.45, 2.75) is 30.9 Å². The summed E-state index contributed by atoms with van der Waals surface area (Å²) < 4.78 is 13.0. The van der Waals surface area contributed by atoms with Crippen molar-refractivity contribution >= 4 is 35.0 Å². The van der Waals surface area contributed by atoms with E-state index in [1.165, 1.54) is 30.0 Å². The number of carbonyl (C=O) groups excluding carboxylic acids is 1. The highest BCUT2D eigenvalue weighted by molar-refractivity contribution is 8.00. The molecule has 0 saturated heterocycles. The van der Waals surface area contributed by atoms with Gasteiger partial charge in [0.05, 0.1) is 16.0 Å². The highest BCUT2D eigenvalue weighted by atomic mass is 35.5.